The Morgan fingerprint density at radius 2 is 1.89 bits per heavy atom. The van der Waals surface area contributed by atoms with Crippen LogP contribution >= 0.6 is 0 Å². The number of benzene rings is 1. The zero-order valence-electron chi connectivity index (χ0n) is 10.2. The molecule has 0 spiro atoms. The first kappa shape index (κ1) is 11.6. The van der Waals surface area contributed by atoms with Gasteiger partial charge in [0.1, 0.15) is 0 Å². The van der Waals surface area contributed by atoms with Crippen molar-refractivity contribution in [2.45, 2.75) is 6.54 Å². The Morgan fingerprint density at radius 1 is 1.05 bits per heavy atom. The Hall–Kier alpha value is -2.53. The lowest BCUT2D eigenvalue weighted by Crippen LogP contribution is -1.99. The lowest BCUT2D eigenvalue weighted by atomic mass is 10.2. The Kier molecular flexibility index (Phi) is 3.04. The summed E-state index contributed by atoms with van der Waals surface area (Å²) >= 11 is 0. The van der Waals surface area contributed by atoms with E-state index in [4.69, 9.17) is 5.73 Å². The number of hydrogen-bond acceptors (Lipinski definition) is 4. The van der Waals surface area contributed by atoms with Crippen LogP contribution in [0, 0.1) is 0 Å². The van der Waals surface area contributed by atoms with Crippen molar-refractivity contribution in [2.75, 3.05) is 0 Å². The number of nitrogens with one attached hydrogen (secondary N) is 1. The number of aromatic amines is 1. The summed E-state index contributed by atoms with van der Waals surface area (Å²) in [6, 6.07) is 13.7. The molecule has 19 heavy (non-hydrogen) atoms. The maximum Gasteiger partial charge on any atom is 0.181 e. The van der Waals surface area contributed by atoms with E-state index in [9.17, 15) is 0 Å². The van der Waals surface area contributed by atoms with Crippen LogP contribution in [0.15, 0.2) is 48.7 Å². The average Bonchev–Trinajstić information content (AvgIpc) is 2.98. The second-order valence-electron chi connectivity index (χ2n) is 4.11. The molecule has 2 heterocycles. The number of H-pyrrole nitrogens is 1. The molecule has 3 N–H and O–H groups in total. The van der Waals surface area contributed by atoms with Crippen LogP contribution < -0.4 is 5.73 Å². The van der Waals surface area contributed by atoms with Gasteiger partial charge < -0.3 is 5.73 Å². The predicted molar refractivity (Wildman–Crippen MR) is 72.9 cm³/mol. The van der Waals surface area contributed by atoms with E-state index in [2.05, 4.69) is 20.2 Å². The number of nitrogens with zero attached hydrogens (tertiary/aromatic N) is 3. The van der Waals surface area contributed by atoms with Gasteiger partial charge in [-0.2, -0.15) is 5.10 Å². The number of nitrogens with two attached hydrogens (primary N) is 1. The topological polar surface area (TPSA) is 80.5 Å². The summed E-state index contributed by atoms with van der Waals surface area (Å²) in [5, 5.41) is 7.18. The third-order valence-corrected chi connectivity index (χ3v) is 2.82. The maximum atomic E-state index is 5.58. The largest absolute Gasteiger partial charge is 0.325 e. The van der Waals surface area contributed by atoms with Gasteiger partial charge in [-0.25, -0.2) is 4.98 Å². The molecule has 0 amide bonds. The van der Waals surface area contributed by atoms with Gasteiger partial charge in [0.05, 0.1) is 5.69 Å². The van der Waals surface area contributed by atoms with Crippen LogP contribution in [0.2, 0.25) is 0 Å². The average molecular weight is 251 g/mol. The molecule has 0 atom stereocenters. The van der Waals surface area contributed by atoms with Gasteiger partial charge in [0.2, 0.25) is 0 Å². The van der Waals surface area contributed by atoms with E-state index in [1.807, 2.05) is 42.5 Å². The summed E-state index contributed by atoms with van der Waals surface area (Å²) in [6.07, 6.45) is 1.72. The van der Waals surface area contributed by atoms with E-state index in [-0.39, 0.29) is 0 Å². The number of aromatic nitrogens is 4. The van der Waals surface area contributed by atoms with E-state index >= 15 is 0 Å². The van der Waals surface area contributed by atoms with Crippen molar-refractivity contribution in [1.29, 1.82) is 0 Å². The molecule has 0 saturated carbocycles. The van der Waals surface area contributed by atoms with E-state index < -0.39 is 0 Å². The predicted octanol–water partition coefficient (Wildman–Crippen LogP) is 1.99. The van der Waals surface area contributed by atoms with Crippen molar-refractivity contribution in [3.05, 3.63) is 54.4 Å². The van der Waals surface area contributed by atoms with Crippen molar-refractivity contribution >= 4 is 0 Å². The van der Waals surface area contributed by atoms with E-state index in [0.29, 0.717) is 12.4 Å². The minimum absolute atomic E-state index is 0.407. The summed E-state index contributed by atoms with van der Waals surface area (Å²) in [5.74, 6) is 1.40. The van der Waals surface area contributed by atoms with Crippen molar-refractivity contribution in [2.24, 2.45) is 5.73 Å². The molecule has 0 bridgehead atoms. The highest BCUT2D eigenvalue weighted by Gasteiger charge is 2.07. The van der Waals surface area contributed by atoms with Crippen LogP contribution in [0.5, 0.6) is 0 Å². The van der Waals surface area contributed by atoms with E-state index in [1.54, 1.807) is 6.20 Å². The number of rotatable bonds is 3. The van der Waals surface area contributed by atoms with Crippen molar-refractivity contribution in [1.82, 2.24) is 20.2 Å². The van der Waals surface area contributed by atoms with Crippen molar-refractivity contribution in [3.63, 3.8) is 0 Å². The van der Waals surface area contributed by atoms with Gasteiger partial charge in [0, 0.05) is 23.9 Å². The fourth-order valence-corrected chi connectivity index (χ4v) is 1.84. The molecule has 0 aliphatic rings. The molecular formula is C14H13N5. The molecule has 3 aromatic rings. The quantitative estimate of drug-likeness (QED) is 0.746. The van der Waals surface area contributed by atoms with Crippen molar-refractivity contribution in [3.8, 4) is 22.8 Å². The Balaban J connectivity index is 1.97. The zero-order chi connectivity index (χ0) is 13.1. The van der Waals surface area contributed by atoms with Crippen LogP contribution in [0.1, 0.15) is 5.69 Å². The van der Waals surface area contributed by atoms with Crippen LogP contribution in [-0.4, -0.2) is 20.2 Å². The molecule has 94 valence electrons. The van der Waals surface area contributed by atoms with Crippen LogP contribution in [0.25, 0.3) is 22.8 Å². The molecular weight excluding hydrogens is 238 g/mol. The van der Waals surface area contributed by atoms with Gasteiger partial charge >= 0.3 is 0 Å². The highest BCUT2D eigenvalue weighted by atomic mass is 15.2. The molecule has 0 aliphatic carbocycles. The molecule has 0 aliphatic heterocycles. The zero-order valence-corrected chi connectivity index (χ0v) is 10.2. The second kappa shape index (κ2) is 4.99. The van der Waals surface area contributed by atoms with Gasteiger partial charge in [0.25, 0.3) is 0 Å². The lowest BCUT2D eigenvalue weighted by Gasteiger charge is -1.98. The van der Waals surface area contributed by atoms with E-state index in [1.165, 1.54) is 0 Å². The van der Waals surface area contributed by atoms with Gasteiger partial charge in [-0.3, -0.25) is 10.1 Å². The Labute approximate surface area is 110 Å². The van der Waals surface area contributed by atoms with Crippen LogP contribution in [0.4, 0.5) is 0 Å². The summed E-state index contributed by atoms with van der Waals surface area (Å²) in [4.78, 5) is 8.65. The maximum absolute atomic E-state index is 5.58. The van der Waals surface area contributed by atoms with E-state index in [0.717, 1.165) is 22.6 Å². The molecule has 5 heteroatoms. The standard InChI is InChI=1S/C14H13N5/c15-9-12-8-11(6-7-16-12)14-17-13(18-19-14)10-4-2-1-3-5-10/h1-8H,9,15H2,(H,17,18,19). The summed E-state index contributed by atoms with van der Waals surface area (Å²) in [5.41, 5.74) is 8.32. The highest BCUT2D eigenvalue weighted by Crippen LogP contribution is 2.19. The second-order valence-corrected chi connectivity index (χ2v) is 4.11. The third kappa shape index (κ3) is 2.36. The van der Waals surface area contributed by atoms with Gasteiger partial charge in [-0.05, 0) is 12.1 Å². The highest BCUT2D eigenvalue weighted by molar-refractivity contribution is 5.60. The molecule has 0 radical (unpaired) electrons. The summed E-state index contributed by atoms with van der Waals surface area (Å²) < 4.78 is 0. The SMILES string of the molecule is NCc1cc(-c2n[nH]c(-c3ccccc3)n2)ccn1. The minimum atomic E-state index is 0.407. The summed E-state index contributed by atoms with van der Waals surface area (Å²) in [6.45, 7) is 0.407. The molecule has 0 unspecified atom stereocenters. The van der Waals surface area contributed by atoms with Gasteiger partial charge in [0.15, 0.2) is 11.6 Å². The number of hydrogen-bond donors (Lipinski definition) is 2. The summed E-state index contributed by atoms with van der Waals surface area (Å²) in [7, 11) is 0. The van der Waals surface area contributed by atoms with Crippen LogP contribution in [-0.2, 0) is 6.54 Å². The third-order valence-electron chi connectivity index (χ3n) is 2.82. The first-order valence-electron chi connectivity index (χ1n) is 6.00. The molecule has 1 aromatic carbocycles. The molecule has 0 fully saturated rings. The fourth-order valence-electron chi connectivity index (χ4n) is 1.84. The number of pyridine rings is 1. The smallest absolute Gasteiger partial charge is 0.181 e. The Bertz CT molecular complexity index is 675. The first-order chi connectivity index (χ1) is 9.36. The Morgan fingerprint density at radius 3 is 2.68 bits per heavy atom. The normalized spacial score (nSPS) is 10.6. The molecule has 3 rings (SSSR count). The van der Waals surface area contributed by atoms with Crippen molar-refractivity contribution < 1.29 is 0 Å². The van der Waals surface area contributed by atoms with Gasteiger partial charge in [-0.1, -0.05) is 30.3 Å². The van der Waals surface area contributed by atoms with Crippen LogP contribution in [0.3, 0.4) is 0 Å². The fraction of sp³-hybridized carbons (Fsp3) is 0.0714. The lowest BCUT2D eigenvalue weighted by molar-refractivity contribution is 0.989. The van der Waals surface area contributed by atoms with Gasteiger partial charge in [-0.15, -0.1) is 0 Å². The minimum Gasteiger partial charge on any atom is -0.325 e. The molecule has 0 saturated heterocycles. The molecule has 5 nitrogen and oxygen atoms in total. The molecule has 2 aromatic heterocycles. The monoisotopic (exact) mass is 251 g/mol. The first-order valence-corrected chi connectivity index (χ1v) is 6.00.